The van der Waals surface area contributed by atoms with Crippen molar-refractivity contribution in [1.82, 2.24) is 4.90 Å². The molecule has 0 radical (unpaired) electrons. The van der Waals surface area contributed by atoms with Crippen LogP contribution in [0.5, 0.6) is 5.75 Å². The average molecular weight is 456 g/mol. The Kier molecular flexibility index (Phi) is 5.37. The third-order valence-corrected chi connectivity index (χ3v) is 7.22. The molecule has 3 aliphatic carbocycles. The van der Waals surface area contributed by atoms with E-state index < -0.39 is 58.0 Å². The Labute approximate surface area is 190 Å². The van der Waals surface area contributed by atoms with Gasteiger partial charge in [-0.25, -0.2) is 0 Å². The fraction of sp³-hybridized carbons (Fsp3) is 0.458. The summed E-state index contributed by atoms with van der Waals surface area (Å²) in [5.41, 5.74) is 3.55. The number of ketones is 2. The first kappa shape index (κ1) is 23.0. The molecule has 9 nitrogen and oxygen atoms in total. The molecule has 1 saturated carbocycles. The Morgan fingerprint density at radius 2 is 1.88 bits per heavy atom. The van der Waals surface area contributed by atoms with E-state index in [1.54, 1.807) is 20.2 Å². The first-order valence-electron chi connectivity index (χ1n) is 10.9. The van der Waals surface area contributed by atoms with Crippen LogP contribution in [-0.4, -0.2) is 68.5 Å². The van der Waals surface area contributed by atoms with Gasteiger partial charge in [-0.1, -0.05) is 19.4 Å². The molecule has 0 heterocycles. The number of hydrogen-bond donors (Lipinski definition) is 5. The second-order valence-corrected chi connectivity index (χ2v) is 9.31. The van der Waals surface area contributed by atoms with Gasteiger partial charge in [0.2, 0.25) is 5.78 Å². The molecule has 0 spiro atoms. The van der Waals surface area contributed by atoms with Crippen molar-refractivity contribution in [2.45, 2.75) is 44.2 Å². The predicted molar refractivity (Wildman–Crippen MR) is 118 cm³/mol. The second kappa shape index (κ2) is 7.71. The molecular weight excluding hydrogens is 428 g/mol. The average Bonchev–Trinajstić information content (AvgIpc) is 2.72. The van der Waals surface area contributed by atoms with Crippen LogP contribution in [0.3, 0.4) is 0 Å². The van der Waals surface area contributed by atoms with Crippen LogP contribution in [0.4, 0.5) is 0 Å². The summed E-state index contributed by atoms with van der Waals surface area (Å²) in [5, 5.41) is 43.9. The number of amides is 1. The van der Waals surface area contributed by atoms with E-state index in [0.717, 1.165) is 17.5 Å². The van der Waals surface area contributed by atoms with Crippen LogP contribution in [0.2, 0.25) is 0 Å². The molecule has 9 heteroatoms. The highest BCUT2D eigenvalue weighted by Crippen LogP contribution is 2.52. The highest BCUT2D eigenvalue weighted by molar-refractivity contribution is 6.24. The van der Waals surface area contributed by atoms with Crippen molar-refractivity contribution < 1.29 is 34.8 Å². The largest absolute Gasteiger partial charge is 0.508 e. The zero-order valence-electron chi connectivity index (χ0n) is 18.8. The van der Waals surface area contributed by atoms with Gasteiger partial charge in [0.15, 0.2) is 11.4 Å². The molecule has 1 aromatic carbocycles. The maximum absolute atomic E-state index is 13.7. The van der Waals surface area contributed by atoms with Crippen LogP contribution in [0.25, 0.3) is 5.76 Å². The highest BCUT2D eigenvalue weighted by atomic mass is 16.3. The number of likely N-dealkylation sites (N-methyl/N-ethyl adjacent to an activating group) is 1. The van der Waals surface area contributed by atoms with Crippen molar-refractivity contribution in [2.75, 3.05) is 14.1 Å². The molecule has 1 fully saturated rings. The van der Waals surface area contributed by atoms with Crippen LogP contribution < -0.4 is 5.73 Å². The molecular formula is C24H28N2O7. The van der Waals surface area contributed by atoms with Gasteiger partial charge in [-0.05, 0) is 56.5 Å². The number of aromatic hydroxyl groups is 1. The van der Waals surface area contributed by atoms with Crippen molar-refractivity contribution in [3.8, 4) is 5.75 Å². The number of phenols is 1. The number of carbonyl (C=O) groups is 3. The van der Waals surface area contributed by atoms with E-state index in [1.807, 2.05) is 6.92 Å². The van der Waals surface area contributed by atoms with E-state index in [4.69, 9.17) is 5.73 Å². The van der Waals surface area contributed by atoms with E-state index in [-0.39, 0.29) is 23.3 Å². The lowest BCUT2D eigenvalue weighted by atomic mass is 9.57. The molecule has 1 aromatic rings. The molecule has 0 aliphatic heterocycles. The summed E-state index contributed by atoms with van der Waals surface area (Å²) in [6.07, 6.45) is 1.96. The Morgan fingerprint density at radius 3 is 2.45 bits per heavy atom. The molecule has 3 aliphatic rings. The van der Waals surface area contributed by atoms with Crippen LogP contribution >= 0.6 is 0 Å². The minimum atomic E-state index is -2.61. The number of rotatable bonds is 4. The van der Waals surface area contributed by atoms with E-state index >= 15 is 0 Å². The van der Waals surface area contributed by atoms with Gasteiger partial charge in [-0.3, -0.25) is 19.3 Å². The van der Waals surface area contributed by atoms with Gasteiger partial charge >= 0.3 is 0 Å². The maximum Gasteiger partial charge on any atom is 0.255 e. The number of aryl methyl sites for hydroxylation is 1. The molecule has 1 amide bonds. The van der Waals surface area contributed by atoms with Gasteiger partial charge in [-0.15, -0.1) is 0 Å². The minimum Gasteiger partial charge on any atom is -0.508 e. The predicted octanol–water partition coefficient (Wildman–Crippen LogP) is 0.916. The Balaban J connectivity index is 1.97. The number of nitrogens with two attached hydrogens (primary N) is 1. The topological polar surface area (TPSA) is 161 Å². The van der Waals surface area contributed by atoms with Crippen LogP contribution in [0.15, 0.2) is 29.0 Å². The molecule has 176 valence electrons. The number of nitrogens with zero attached hydrogens (tertiary/aromatic N) is 1. The monoisotopic (exact) mass is 456 g/mol. The van der Waals surface area contributed by atoms with Crippen molar-refractivity contribution in [3.63, 3.8) is 0 Å². The second-order valence-electron chi connectivity index (χ2n) is 9.31. The van der Waals surface area contributed by atoms with Gasteiger partial charge in [0.05, 0.1) is 11.6 Å². The van der Waals surface area contributed by atoms with Crippen LogP contribution in [0.1, 0.15) is 36.5 Å². The fourth-order valence-corrected chi connectivity index (χ4v) is 5.81. The number of primary amides is 1. The van der Waals surface area contributed by atoms with Crippen molar-refractivity contribution in [2.24, 2.45) is 17.6 Å². The van der Waals surface area contributed by atoms with Crippen molar-refractivity contribution in [1.29, 1.82) is 0 Å². The molecule has 4 atom stereocenters. The summed E-state index contributed by atoms with van der Waals surface area (Å²) in [4.78, 5) is 40.2. The third kappa shape index (κ3) is 3.02. The van der Waals surface area contributed by atoms with E-state index in [0.29, 0.717) is 12.8 Å². The number of Topliss-reactive ketones (excluding diaryl/α,β-unsaturated/α-hetero) is 2. The summed E-state index contributed by atoms with van der Waals surface area (Å²) >= 11 is 0. The SMILES string of the molecule is CCCc1ccc(O)c2c1C[C@@H]1C[C@@H]3[C@@H](N(C)C)C(=O)C(C(N)=O)=C(O)[C@]3(O)C(=O)C1=C2O. The van der Waals surface area contributed by atoms with Crippen molar-refractivity contribution >= 4 is 23.2 Å². The van der Waals surface area contributed by atoms with E-state index in [1.165, 1.54) is 11.0 Å². The number of carbonyl (C=O) groups excluding carboxylic acids is 3. The maximum atomic E-state index is 13.7. The number of phenolic OH excluding ortho intramolecular Hbond substituents is 1. The Bertz CT molecular complexity index is 1150. The van der Waals surface area contributed by atoms with Crippen molar-refractivity contribution in [3.05, 3.63) is 45.7 Å². The van der Waals surface area contributed by atoms with Gasteiger partial charge in [0, 0.05) is 11.5 Å². The van der Waals surface area contributed by atoms with Crippen LogP contribution in [-0.2, 0) is 27.2 Å². The third-order valence-electron chi connectivity index (χ3n) is 7.22. The summed E-state index contributed by atoms with van der Waals surface area (Å²) in [6, 6.07) is 2.16. The molecule has 6 N–H and O–H groups in total. The fourth-order valence-electron chi connectivity index (χ4n) is 5.81. The Hall–Kier alpha value is -3.17. The first-order valence-corrected chi connectivity index (χ1v) is 10.9. The molecule has 33 heavy (non-hydrogen) atoms. The summed E-state index contributed by atoms with van der Waals surface area (Å²) in [5.74, 6) is -6.36. The lowest BCUT2D eigenvalue weighted by molar-refractivity contribution is -0.153. The highest BCUT2D eigenvalue weighted by Gasteiger charge is 2.64. The van der Waals surface area contributed by atoms with Gasteiger partial charge in [0.25, 0.3) is 5.91 Å². The zero-order chi connectivity index (χ0) is 24.4. The molecule has 0 aromatic heterocycles. The van der Waals surface area contributed by atoms with E-state index in [2.05, 4.69) is 0 Å². The summed E-state index contributed by atoms with van der Waals surface area (Å²) in [6.45, 7) is 2.01. The number of hydrogen-bond acceptors (Lipinski definition) is 8. The normalized spacial score (nSPS) is 29.2. The van der Waals surface area contributed by atoms with E-state index in [9.17, 15) is 34.8 Å². The minimum absolute atomic E-state index is 0.0903. The molecule has 0 unspecified atom stereocenters. The smallest absolute Gasteiger partial charge is 0.255 e. The lowest BCUT2D eigenvalue weighted by Crippen LogP contribution is -2.65. The number of benzene rings is 1. The molecule has 0 saturated heterocycles. The quantitative estimate of drug-likeness (QED) is 0.418. The zero-order valence-corrected chi connectivity index (χ0v) is 18.8. The molecule has 4 rings (SSSR count). The molecule has 0 bridgehead atoms. The summed E-state index contributed by atoms with van der Waals surface area (Å²) < 4.78 is 0. The van der Waals surface area contributed by atoms with Crippen LogP contribution in [0, 0.1) is 11.8 Å². The number of aliphatic hydroxyl groups excluding tert-OH is 2. The summed E-state index contributed by atoms with van der Waals surface area (Å²) in [7, 11) is 3.15. The number of fused-ring (bicyclic) bond motifs is 3. The number of aliphatic hydroxyl groups is 3. The van der Waals surface area contributed by atoms with Gasteiger partial charge in [-0.2, -0.15) is 0 Å². The van der Waals surface area contributed by atoms with Gasteiger partial charge in [0.1, 0.15) is 22.8 Å². The first-order chi connectivity index (χ1) is 15.5. The van der Waals surface area contributed by atoms with Gasteiger partial charge < -0.3 is 26.2 Å². The Morgan fingerprint density at radius 1 is 1.21 bits per heavy atom. The standard InChI is InChI=1S/C24H28N2O7/c1-4-5-10-6-7-14(27)16-12(10)8-11-9-13-18(26(2)3)20(29)17(23(25)32)22(31)24(13,33)21(30)15(11)19(16)28/h6-7,11,13,18,27-28,31,33H,4-5,8-9H2,1-3H3,(H2,25,32)/t11-,13-,18-,24-/m1/s1. The lowest BCUT2D eigenvalue weighted by Gasteiger charge is -2.50.